The van der Waals surface area contributed by atoms with E-state index in [1.807, 2.05) is 60.7 Å². The van der Waals surface area contributed by atoms with Crippen LogP contribution >= 0.6 is 0 Å². The topological polar surface area (TPSA) is 111 Å². The largest absolute Gasteiger partial charge is 0.466 e. The number of methoxy groups -OCH3 is 1. The Bertz CT molecular complexity index is 943. The van der Waals surface area contributed by atoms with E-state index in [2.05, 4.69) is 15.4 Å². The summed E-state index contributed by atoms with van der Waals surface area (Å²) in [4.78, 5) is 48.4. The third kappa shape index (κ3) is 8.43. The van der Waals surface area contributed by atoms with Gasteiger partial charge < -0.3 is 20.1 Å². The second kappa shape index (κ2) is 12.7. The van der Waals surface area contributed by atoms with Gasteiger partial charge in [0.05, 0.1) is 13.2 Å². The molecule has 0 radical (unpaired) electrons. The highest BCUT2D eigenvalue weighted by Crippen LogP contribution is 2.06. The van der Waals surface area contributed by atoms with Gasteiger partial charge in [0.2, 0.25) is 5.91 Å². The maximum atomic E-state index is 12.8. The summed E-state index contributed by atoms with van der Waals surface area (Å²) in [6, 6.07) is 16.4. The first-order valence-corrected chi connectivity index (χ1v) is 10.0. The maximum absolute atomic E-state index is 12.8. The number of carbonyl (C=O) groups excluding carboxylic acids is 4. The van der Waals surface area contributed by atoms with Gasteiger partial charge in [-0.1, -0.05) is 60.7 Å². The zero-order chi connectivity index (χ0) is 23.3. The summed E-state index contributed by atoms with van der Waals surface area (Å²) in [5, 5.41) is 5.12. The number of ether oxygens (including phenoxy) is 2. The number of esters is 1. The Labute approximate surface area is 186 Å². The second-order valence-corrected chi connectivity index (χ2v) is 6.94. The Hall–Kier alpha value is -3.94. The smallest absolute Gasteiger partial charge is 0.408 e. The molecule has 0 fully saturated rings. The highest BCUT2D eigenvalue weighted by Gasteiger charge is 2.25. The van der Waals surface area contributed by atoms with E-state index in [1.165, 1.54) is 14.0 Å². The number of amides is 2. The van der Waals surface area contributed by atoms with Crippen LogP contribution in [0.5, 0.6) is 0 Å². The normalized spacial score (nSPS) is 12.4. The number of rotatable bonds is 10. The van der Waals surface area contributed by atoms with Crippen molar-refractivity contribution in [2.45, 2.75) is 32.0 Å². The van der Waals surface area contributed by atoms with Crippen molar-refractivity contribution in [3.05, 3.63) is 83.9 Å². The van der Waals surface area contributed by atoms with E-state index in [0.717, 1.165) is 23.3 Å². The van der Waals surface area contributed by atoms with Crippen LogP contribution in [0, 0.1) is 0 Å². The fourth-order valence-electron chi connectivity index (χ4n) is 2.71. The van der Waals surface area contributed by atoms with Gasteiger partial charge in [0, 0.05) is 12.5 Å². The van der Waals surface area contributed by atoms with Gasteiger partial charge in [0.15, 0.2) is 5.78 Å². The van der Waals surface area contributed by atoms with Crippen LogP contribution in [-0.4, -0.2) is 42.9 Å². The Balaban J connectivity index is 2.02. The van der Waals surface area contributed by atoms with Gasteiger partial charge in [-0.15, -0.1) is 0 Å². The van der Waals surface area contributed by atoms with E-state index < -0.39 is 35.8 Å². The fourth-order valence-corrected chi connectivity index (χ4v) is 2.71. The van der Waals surface area contributed by atoms with Gasteiger partial charge in [-0.3, -0.25) is 9.59 Å². The molecule has 0 bridgehead atoms. The molecule has 8 nitrogen and oxygen atoms in total. The molecule has 0 unspecified atom stereocenters. The van der Waals surface area contributed by atoms with Crippen molar-refractivity contribution in [1.29, 1.82) is 0 Å². The molecule has 0 spiro atoms. The minimum absolute atomic E-state index is 0.0551. The summed E-state index contributed by atoms with van der Waals surface area (Å²) in [6.07, 6.45) is 1.46. The van der Waals surface area contributed by atoms with Crippen molar-refractivity contribution in [2.24, 2.45) is 0 Å². The first-order chi connectivity index (χ1) is 15.4. The molecule has 2 atom stereocenters. The van der Waals surface area contributed by atoms with Gasteiger partial charge in [-0.2, -0.15) is 0 Å². The molecule has 0 aliphatic carbocycles. The Morgan fingerprint density at radius 3 is 2.06 bits per heavy atom. The van der Waals surface area contributed by atoms with Crippen molar-refractivity contribution in [2.75, 3.05) is 7.11 Å². The molecule has 168 valence electrons. The average Bonchev–Trinajstić information content (AvgIpc) is 2.81. The van der Waals surface area contributed by atoms with Crippen LogP contribution in [0.15, 0.2) is 72.8 Å². The molecule has 0 aliphatic rings. The number of hydrogen-bond acceptors (Lipinski definition) is 6. The summed E-state index contributed by atoms with van der Waals surface area (Å²) in [7, 11) is 1.19. The summed E-state index contributed by atoms with van der Waals surface area (Å²) in [5.74, 6) is -1.73. The minimum Gasteiger partial charge on any atom is -0.466 e. The standard InChI is InChI=1S/C24H26N2O6/c1-17(21(27)13-14-22(28)31-2)25-23(29)20(15-18-9-5-3-6-10-18)26-24(30)32-16-19-11-7-4-8-12-19/h3-14,17,20H,15-16H2,1-2H3,(H,25,29)(H,26,30)/b14-13+/t17-,20+/m1/s1. The van der Waals surface area contributed by atoms with Crippen LogP contribution in [0.25, 0.3) is 0 Å². The molecular weight excluding hydrogens is 412 g/mol. The number of alkyl carbamates (subject to hydrolysis) is 1. The molecule has 0 aromatic heterocycles. The maximum Gasteiger partial charge on any atom is 0.408 e. The Kier molecular flexibility index (Phi) is 9.65. The molecule has 2 N–H and O–H groups in total. The summed E-state index contributed by atoms with van der Waals surface area (Å²) in [6.45, 7) is 1.54. The molecule has 2 rings (SSSR count). The Morgan fingerprint density at radius 2 is 1.47 bits per heavy atom. The highest BCUT2D eigenvalue weighted by molar-refractivity contribution is 6.01. The van der Waals surface area contributed by atoms with Gasteiger partial charge in [-0.25, -0.2) is 9.59 Å². The van der Waals surface area contributed by atoms with E-state index in [1.54, 1.807) is 0 Å². The molecule has 2 aromatic rings. The minimum atomic E-state index is -0.972. The van der Waals surface area contributed by atoms with Crippen molar-refractivity contribution in [1.82, 2.24) is 10.6 Å². The lowest BCUT2D eigenvalue weighted by atomic mass is 10.0. The van der Waals surface area contributed by atoms with Gasteiger partial charge in [0.1, 0.15) is 12.6 Å². The molecule has 0 heterocycles. The summed E-state index contributed by atoms with van der Waals surface area (Å²) < 4.78 is 9.65. The molecule has 2 aromatic carbocycles. The van der Waals surface area contributed by atoms with Crippen molar-refractivity contribution in [3.8, 4) is 0 Å². The van der Waals surface area contributed by atoms with E-state index in [4.69, 9.17) is 4.74 Å². The zero-order valence-electron chi connectivity index (χ0n) is 17.9. The lowest BCUT2D eigenvalue weighted by Gasteiger charge is -2.20. The quantitative estimate of drug-likeness (QED) is 0.435. The Morgan fingerprint density at radius 1 is 0.875 bits per heavy atom. The molecule has 32 heavy (non-hydrogen) atoms. The van der Waals surface area contributed by atoms with Crippen LogP contribution < -0.4 is 10.6 Å². The third-order valence-corrected chi connectivity index (χ3v) is 4.47. The zero-order valence-corrected chi connectivity index (χ0v) is 17.9. The van der Waals surface area contributed by atoms with E-state index >= 15 is 0 Å². The van der Waals surface area contributed by atoms with Crippen molar-refractivity contribution >= 4 is 23.8 Å². The first-order valence-electron chi connectivity index (χ1n) is 10.0. The molecule has 0 saturated heterocycles. The van der Waals surface area contributed by atoms with Gasteiger partial charge >= 0.3 is 12.1 Å². The van der Waals surface area contributed by atoms with Gasteiger partial charge in [0.25, 0.3) is 0 Å². The number of nitrogens with one attached hydrogen (secondary N) is 2. The van der Waals surface area contributed by atoms with Crippen LogP contribution in [0.1, 0.15) is 18.1 Å². The number of ketones is 1. The van der Waals surface area contributed by atoms with Gasteiger partial charge in [-0.05, 0) is 24.1 Å². The summed E-state index contributed by atoms with van der Waals surface area (Å²) in [5.41, 5.74) is 1.63. The monoisotopic (exact) mass is 438 g/mol. The molecule has 2 amide bonds. The first kappa shape index (κ1) is 24.3. The number of hydrogen-bond donors (Lipinski definition) is 2. The van der Waals surface area contributed by atoms with E-state index in [-0.39, 0.29) is 13.0 Å². The average molecular weight is 438 g/mol. The molecular formula is C24H26N2O6. The molecule has 8 heteroatoms. The van der Waals surface area contributed by atoms with Crippen molar-refractivity contribution in [3.63, 3.8) is 0 Å². The number of benzene rings is 2. The predicted molar refractivity (Wildman–Crippen MR) is 117 cm³/mol. The van der Waals surface area contributed by atoms with Crippen LogP contribution in [0.4, 0.5) is 4.79 Å². The third-order valence-electron chi connectivity index (χ3n) is 4.47. The molecule has 0 saturated carbocycles. The van der Waals surface area contributed by atoms with E-state index in [9.17, 15) is 19.2 Å². The fraction of sp³-hybridized carbons (Fsp3) is 0.250. The number of carbonyl (C=O) groups is 4. The van der Waals surface area contributed by atoms with Crippen LogP contribution in [0.2, 0.25) is 0 Å². The molecule has 0 aliphatic heterocycles. The highest BCUT2D eigenvalue weighted by atomic mass is 16.5. The van der Waals surface area contributed by atoms with Crippen LogP contribution in [0.3, 0.4) is 0 Å². The van der Waals surface area contributed by atoms with Crippen LogP contribution in [-0.2, 0) is 36.9 Å². The second-order valence-electron chi connectivity index (χ2n) is 6.94. The lowest BCUT2D eigenvalue weighted by Crippen LogP contribution is -2.51. The lowest BCUT2D eigenvalue weighted by molar-refractivity contribution is -0.135. The van der Waals surface area contributed by atoms with E-state index in [0.29, 0.717) is 0 Å². The summed E-state index contributed by atoms with van der Waals surface area (Å²) >= 11 is 0. The SMILES string of the molecule is COC(=O)/C=C/C(=O)[C@@H](C)NC(=O)[C@H](Cc1ccccc1)NC(=O)OCc1ccccc1. The van der Waals surface area contributed by atoms with Crippen molar-refractivity contribution < 1.29 is 28.7 Å². The predicted octanol–water partition coefficient (Wildman–Crippen LogP) is 2.33.